The number of aryl methyl sites for hydroxylation is 2. The van der Waals surface area contributed by atoms with Gasteiger partial charge in [-0.2, -0.15) is 4.98 Å². The molecule has 0 spiro atoms. The van der Waals surface area contributed by atoms with Gasteiger partial charge in [-0.1, -0.05) is 38.1 Å². The lowest BCUT2D eigenvalue weighted by atomic mass is 10.0. The minimum atomic E-state index is -1.06. The van der Waals surface area contributed by atoms with E-state index in [1.54, 1.807) is 23.6 Å². The molecular weight excluding hydrogens is 580 g/mol. The number of pyridine rings is 1. The van der Waals surface area contributed by atoms with Crippen LogP contribution in [0.3, 0.4) is 0 Å². The van der Waals surface area contributed by atoms with E-state index in [0.717, 1.165) is 16.7 Å². The molecule has 4 aromatic rings. The van der Waals surface area contributed by atoms with Crippen molar-refractivity contribution in [3.63, 3.8) is 0 Å². The Morgan fingerprint density at radius 1 is 1.21 bits per heavy atom. The summed E-state index contributed by atoms with van der Waals surface area (Å²) in [7, 11) is 0. The smallest absolute Gasteiger partial charge is 0.442 e. The lowest BCUT2D eigenvalue weighted by molar-refractivity contribution is -0.569. The Morgan fingerprint density at radius 2 is 1.93 bits per heavy atom. The molecule has 4 heterocycles. The highest BCUT2D eigenvalue weighted by Crippen LogP contribution is 2.36. The zero-order valence-electron chi connectivity index (χ0n) is 24.4. The molecule has 1 aliphatic rings. The van der Waals surface area contributed by atoms with Crippen molar-refractivity contribution < 1.29 is 18.3 Å². The number of hydrogen-bond donors (Lipinski definition) is 0. The monoisotopic (exact) mass is 609 g/mol. The first-order valence-electron chi connectivity index (χ1n) is 13.7. The molecule has 13 heteroatoms. The van der Waals surface area contributed by atoms with Crippen LogP contribution < -0.4 is 15.3 Å². The number of piperazine rings is 1. The Balaban J connectivity index is 1.90. The molecule has 1 aromatic carbocycles. The minimum Gasteiger partial charge on any atom is -0.710 e. The largest absolute Gasteiger partial charge is 0.710 e. The quantitative estimate of drug-likeness (QED) is 0.188. The topological polar surface area (TPSA) is 111 Å². The molecule has 224 valence electrons. The molecule has 1 aliphatic heterocycles. The van der Waals surface area contributed by atoms with Crippen LogP contribution in [0.5, 0.6) is 0 Å². The number of benzene rings is 1. The molecule has 1 atom stereocenters. The fraction of sp³-hybridized carbons (Fsp3) is 0.333. The van der Waals surface area contributed by atoms with Crippen molar-refractivity contribution >= 4 is 34.4 Å². The van der Waals surface area contributed by atoms with E-state index in [9.17, 15) is 14.8 Å². The number of rotatable bonds is 5. The summed E-state index contributed by atoms with van der Waals surface area (Å²) in [5, 5.41) is 14.2. The molecule has 5 rings (SSSR count). The number of nitrogens with zero attached hydrogens (tertiary/aromatic N) is 7. The first-order valence-corrected chi connectivity index (χ1v) is 14.1. The summed E-state index contributed by atoms with van der Waals surface area (Å²) >= 11 is 6.42. The van der Waals surface area contributed by atoms with Gasteiger partial charge in [-0.15, -0.1) is 4.57 Å². The molecule has 1 saturated heterocycles. The summed E-state index contributed by atoms with van der Waals surface area (Å²) in [5.41, 5.74) is -0.743. The maximum atomic E-state index is 16.1. The van der Waals surface area contributed by atoms with Gasteiger partial charge in [0.2, 0.25) is 5.91 Å². The van der Waals surface area contributed by atoms with Crippen LogP contribution in [0.25, 0.3) is 28.0 Å². The predicted octanol–water partition coefficient (Wildman–Crippen LogP) is 4.37. The van der Waals surface area contributed by atoms with Crippen LogP contribution in [0.2, 0.25) is 5.02 Å². The Bertz CT molecular complexity index is 1860. The molecule has 0 bridgehead atoms. The van der Waals surface area contributed by atoms with Crippen molar-refractivity contribution in [3.8, 4) is 16.9 Å². The molecule has 0 radical (unpaired) electrons. The van der Waals surface area contributed by atoms with Crippen LogP contribution in [0.15, 0.2) is 42.0 Å². The molecule has 0 saturated carbocycles. The van der Waals surface area contributed by atoms with Gasteiger partial charge < -0.3 is 15.0 Å². The first-order chi connectivity index (χ1) is 20.4. The van der Waals surface area contributed by atoms with Crippen molar-refractivity contribution in [1.29, 1.82) is 0 Å². The molecule has 10 nitrogen and oxygen atoms in total. The zero-order valence-corrected chi connectivity index (χ0v) is 25.1. The van der Waals surface area contributed by atoms with E-state index in [1.807, 2.05) is 20.8 Å². The molecule has 1 fully saturated rings. The lowest BCUT2D eigenvalue weighted by Crippen LogP contribution is -2.54. The van der Waals surface area contributed by atoms with E-state index in [4.69, 9.17) is 11.6 Å². The SMILES string of the molecule is C=CC(=O)N1CCN(c2nc(=O)n(-c3c(C)ncnc3C(C)C)c3c2cc(F)c(-c2c(F)ccc(C)c2Cl)[n+]3[O-])[C@@H](C)C1. The average Bonchev–Trinajstić information content (AvgIpc) is 2.96. The third kappa shape index (κ3) is 4.99. The second-order valence-corrected chi connectivity index (χ2v) is 11.2. The number of anilines is 1. The number of halogens is 3. The van der Waals surface area contributed by atoms with Crippen LogP contribution in [-0.4, -0.2) is 56.0 Å². The summed E-state index contributed by atoms with van der Waals surface area (Å²) in [4.78, 5) is 42.5. The number of carbonyl (C=O) groups is 1. The van der Waals surface area contributed by atoms with E-state index >= 15 is 8.78 Å². The minimum absolute atomic E-state index is 0.00772. The zero-order chi connectivity index (χ0) is 31.3. The van der Waals surface area contributed by atoms with E-state index < -0.39 is 28.6 Å². The molecule has 0 unspecified atom stereocenters. The van der Waals surface area contributed by atoms with Crippen molar-refractivity contribution in [1.82, 2.24) is 24.4 Å². The van der Waals surface area contributed by atoms with Crippen LogP contribution >= 0.6 is 11.6 Å². The van der Waals surface area contributed by atoms with E-state index in [0.29, 0.717) is 17.0 Å². The molecule has 0 N–H and O–H groups in total. The summed E-state index contributed by atoms with van der Waals surface area (Å²) in [6.45, 7) is 13.2. The van der Waals surface area contributed by atoms with E-state index in [1.165, 1.54) is 18.5 Å². The Labute approximate surface area is 251 Å². The van der Waals surface area contributed by atoms with Gasteiger partial charge in [0, 0.05) is 25.7 Å². The fourth-order valence-corrected chi connectivity index (χ4v) is 5.78. The van der Waals surface area contributed by atoms with Crippen molar-refractivity contribution in [2.75, 3.05) is 24.5 Å². The van der Waals surface area contributed by atoms with Crippen LogP contribution in [-0.2, 0) is 4.79 Å². The van der Waals surface area contributed by atoms with Gasteiger partial charge in [0.25, 0.3) is 0 Å². The fourth-order valence-electron chi connectivity index (χ4n) is 5.54. The predicted molar refractivity (Wildman–Crippen MR) is 159 cm³/mol. The molecule has 3 aromatic heterocycles. The van der Waals surface area contributed by atoms with Gasteiger partial charge >= 0.3 is 11.3 Å². The number of hydrogen-bond acceptors (Lipinski definition) is 7. The standard InChI is InChI=1S/C30H30ClF2N7O3/c1-7-22(41)37-10-11-38(17(5)13-37)28-19-12-21(33)27(23-20(32)9-8-16(4)24(23)31)40(43)29(19)39(30(42)36-28)26-18(6)34-14-35-25(26)15(2)3/h7-9,12,14-15,17H,1,10-11,13H2,2-6H3/t17-/m0/s1. The normalized spacial score (nSPS) is 15.4. The summed E-state index contributed by atoms with van der Waals surface area (Å²) in [5.74, 6) is -2.34. The van der Waals surface area contributed by atoms with Gasteiger partial charge in [0.15, 0.2) is 23.0 Å². The summed E-state index contributed by atoms with van der Waals surface area (Å²) in [6, 6.07) is 3.23. The number of aromatic nitrogens is 5. The van der Waals surface area contributed by atoms with Crippen LogP contribution in [0.4, 0.5) is 14.6 Å². The summed E-state index contributed by atoms with van der Waals surface area (Å²) in [6.07, 6.45) is 2.58. The van der Waals surface area contributed by atoms with Gasteiger partial charge in [-0.3, -0.25) is 4.79 Å². The van der Waals surface area contributed by atoms with Gasteiger partial charge in [0.05, 0.1) is 22.0 Å². The molecule has 1 amide bonds. The number of amides is 1. The molecule has 0 aliphatic carbocycles. The Hall–Kier alpha value is -4.45. The highest BCUT2D eigenvalue weighted by molar-refractivity contribution is 6.34. The average molecular weight is 610 g/mol. The number of carbonyl (C=O) groups excluding carboxylic acids is 1. The van der Waals surface area contributed by atoms with Gasteiger partial charge in [-0.05, 0) is 50.5 Å². The maximum Gasteiger partial charge on any atom is 0.442 e. The van der Waals surface area contributed by atoms with Crippen molar-refractivity contribution in [2.24, 2.45) is 0 Å². The highest BCUT2D eigenvalue weighted by Gasteiger charge is 2.35. The molecular formula is C30H30ClF2N7O3. The number of fused-ring (bicyclic) bond motifs is 1. The highest BCUT2D eigenvalue weighted by atomic mass is 35.5. The Kier molecular flexibility index (Phi) is 7.91. The molecule has 43 heavy (non-hydrogen) atoms. The third-order valence-electron chi connectivity index (χ3n) is 7.69. The van der Waals surface area contributed by atoms with E-state index in [2.05, 4.69) is 21.5 Å². The van der Waals surface area contributed by atoms with E-state index in [-0.39, 0.29) is 69.8 Å². The van der Waals surface area contributed by atoms with Crippen LogP contribution in [0, 0.1) is 30.7 Å². The van der Waals surface area contributed by atoms with Crippen molar-refractivity contribution in [2.45, 2.75) is 46.6 Å². The third-order valence-corrected chi connectivity index (χ3v) is 8.18. The van der Waals surface area contributed by atoms with Crippen LogP contribution in [0.1, 0.15) is 43.6 Å². The van der Waals surface area contributed by atoms with Crippen molar-refractivity contribution in [3.05, 3.63) is 86.5 Å². The van der Waals surface area contributed by atoms with Gasteiger partial charge in [-0.25, -0.2) is 28.3 Å². The maximum absolute atomic E-state index is 16.1. The first kappa shape index (κ1) is 30.0. The second kappa shape index (κ2) is 11.3. The Morgan fingerprint density at radius 3 is 2.58 bits per heavy atom. The summed E-state index contributed by atoms with van der Waals surface area (Å²) < 4.78 is 32.5. The van der Waals surface area contributed by atoms with Gasteiger partial charge in [0.1, 0.15) is 17.5 Å². The second-order valence-electron chi connectivity index (χ2n) is 10.9. The lowest BCUT2D eigenvalue weighted by Gasteiger charge is -2.40.